The fraction of sp³-hybridized carbons (Fsp3) is 0.850. The summed E-state index contributed by atoms with van der Waals surface area (Å²) in [6.45, 7) is 2.68. The molecule has 5 rings (SSSR count). The van der Waals surface area contributed by atoms with Crippen molar-refractivity contribution in [2.45, 2.75) is 76.3 Å². The number of hydrogen-bond donors (Lipinski definition) is 1. The lowest BCUT2D eigenvalue weighted by molar-refractivity contribution is -0.126. The third-order valence-electron chi connectivity index (χ3n) is 6.74. The Kier molecular flexibility index (Phi) is 4.47. The highest BCUT2D eigenvalue weighted by Gasteiger charge is 2.43. The summed E-state index contributed by atoms with van der Waals surface area (Å²) in [5.74, 6) is 4.00. The van der Waals surface area contributed by atoms with E-state index >= 15 is 0 Å². The van der Waals surface area contributed by atoms with Gasteiger partial charge in [-0.2, -0.15) is 0 Å². The maximum Gasteiger partial charge on any atom is 0.230 e. The van der Waals surface area contributed by atoms with Gasteiger partial charge in [0.15, 0.2) is 0 Å². The van der Waals surface area contributed by atoms with Gasteiger partial charge in [-0.05, 0) is 50.4 Å². The van der Waals surface area contributed by atoms with Crippen LogP contribution in [0.3, 0.4) is 0 Å². The van der Waals surface area contributed by atoms with Crippen LogP contribution in [0.15, 0.2) is 4.42 Å². The first kappa shape index (κ1) is 16.7. The number of likely N-dealkylation sites (tertiary alicyclic amines) is 1. The van der Waals surface area contributed by atoms with Crippen LogP contribution in [-0.2, 0) is 11.3 Å². The molecule has 0 unspecified atom stereocenters. The summed E-state index contributed by atoms with van der Waals surface area (Å²) in [4.78, 5) is 15.1. The first-order valence-electron chi connectivity index (χ1n) is 10.6. The monoisotopic (exact) mass is 358 g/mol. The summed E-state index contributed by atoms with van der Waals surface area (Å²) < 4.78 is 5.84. The van der Waals surface area contributed by atoms with E-state index in [-0.39, 0.29) is 5.92 Å². The van der Waals surface area contributed by atoms with Crippen LogP contribution in [0.25, 0.3) is 0 Å². The second kappa shape index (κ2) is 6.95. The van der Waals surface area contributed by atoms with Crippen LogP contribution in [0, 0.1) is 17.8 Å². The molecule has 0 bridgehead atoms. The summed E-state index contributed by atoms with van der Waals surface area (Å²) in [6.07, 6.45) is 10.9. The highest BCUT2D eigenvalue weighted by Crippen LogP contribution is 2.42. The van der Waals surface area contributed by atoms with Gasteiger partial charge in [0.1, 0.15) is 0 Å². The fourth-order valence-electron chi connectivity index (χ4n) is 4.88. The van der Waals surface area contributed by atoms with E-state index in [1.54, 1.807) is 0 Å². The molecule has 2 heterocycles. The van der Waals surface area contributed by atoms with Crippen LogP contribution in [0.5, 0.6) is 0 Å². The van der Waals surface area contributed by atoms with Crippen molar-refractivity contribution in [2.24, 2.45) is 17.8 Å². The second-order valence-electron chi connectivity index (χ2n) is 8.95. The summed E-state index contributed by atoms with van der Waals surface area (Å²) in [5, 5.41) is 11.9. The molecule has 4 fully saturated rings. The van der Waals surface area contributed by atoms with E-state index in [0.717, 1.165) is 50.2 Å². The maximum absolute atomic E-state index is 12.7. The predicted octanol–water partition coefficient (Wildman–Crippen LogP) is 2.85. The van der Waals surface area contributed by atoms with Crippen LogP contribution in [0.1, 0.15) is 75.5 Å². The zero-order valence-electron chi connectivity index (χ0n) is 15.5. The molecule has 4 aliphatic rings. The van der Waals surface area contributed by atoms with Gasteiger partial charge in [-0.25, -0.2) is 0 Å². The first-order chi connectivity index (χ1) is 12.8. The maximum atomic E-state index is 12.7. The fourth-order valence-corrected chi connectivity index (χ4v) is 4.88. The summed E-state index contributed by atoms with van der Waals surface area (Å²) in [5.41, 5.74) is 0. The molecular formula is C20H30N4O2. The molecule has 26 heavy (non-hydrogen) atoms. The average molecular weight is 358 g/mol. The molecule has 2 atom stereocenters. The van der Waals surface area contributed by atoms with Crippen molar-refractivity contribution in [1.82, 2.24) is 20.4 Å². The highest BCUT2D eigenvalue weighted by atomic mass is 16.4. The topological polar surface area (TPSA) is 71.3 Å². The number of rotatable bonds is 6. The predicted molar refractivity (Wildman–Crippen MR) is 96.3 cm³/mol. The van der Waals surface area contributed by atoms with E-state index in [2.05, 4.69) is 20.4 Å². The highest BCUT2D eigenvalue weighted by molar-refractivity contribution is 5.79. The molecule has 1 saturated heterocycles. The van der Waals surface area contributed by atoms with Crippen LogP contribution < -0.4 is 5.32 Å². The lowest BCUT2D eigenvalue weighted by atomic mass is 9.88. The average Bonchev–Trinajstić information content (AvgIpc) is 3.59. The van der Waals surface area contributed by atoms with Gasteiger partial charge >= 0.3 is 0 Å². The summed E-state index contributed by atoms with van der Waals surface area (Å²) in [7, 11) is 0. The van der Waals surface area contributed by atoms with Crippen molar-refractivity contribution in [3.8, 4) is 0 Å². The lowest BCUT2D eigenvalue weighted by Gasteiger charge is -2.25. The number of amides is 1. The normalized spacial score (nSPS) is 30.6. The summed E-state index contributed by atoms with van der Waals surface area (Å²) >= 11 is 0. The van der Waals surface area contributed by atoms with E-state index in [0.29, 0.717) is 23.8 Å². The molecular weight excluding hydrogens is 328 g/mol. The van der Waals surface area contributed by atoms with Crippen molar-refractivity contribution in [1.29, 1.82) is 0 Å². The van der Waals surface area contributed by atoms with E-state index < -0.39 is 0 Å². The minimum atomic E-state index is 0.245. The lowest BCUT2D eigenvalue weighted by Crippen LogP contribution is -2.44. The molecule has 1 N–H and O–H groups in total. The van der Waals surface area contributed by atoms with Crippen molar-refractivity contribution in [3.05, 3.63) is 11.8 Å². The Balaban J connectivity index is 1.20. The molecule has 6 heteroatoms. The number of hydrogen-bond acceptors (Lipinski definition) is 5. The Hall–Kier alpha value is -1.43. The number of carbonyl (C=O) groups excluding carboxylic acids is 1. The summed E-state index contributed by atoms with van der Waals surface area (Å²) in [6, 6.07) is 0.294. The van der Waals surface area contributed by atoms with E-state index in [9.17, 15) is 4.79 Å². The van der Waals surface area contributed by atoms with Gasteiger partial charge in [-0.1, -0.05) is 19.3 Å². The zero-order valence-corrected chi connectivity index (χ0v) is 15.5. The van der Waals surface area contributed by atoms with E-state index in [1.165, 1.54) is 44.9 Å². The van der Waals surface area contributed by atoms with Gasteiger partial charge in [0.2, 0.25) is 17.7 Å². The van der Waals surface area contributed by atoms with Crippen LogP contribution in [0.4, 0.5) is 0 Å². The van der Waals surface area contributed by atoms with E-state index in [1.807, 2.05) is 0 Å². The molecule has 6 nitrogen and oxygen atoms in total. The molecule has 1 amide bonds. The van der Waals surface area contributed by atoms with Gasteiger partial charge < -0.3 is 9.73 Å². The Bertz CT molecular complexity index is 646. The Morgan fingerprint density at radius 3 is 2.58 bits per heavy atom. The van der Waals surface area contributed by atoms with Gasteiger partial charge in [-0.15, -0.1) is 10.2 Å². The number of carbonyl (C=O) groups is 1. The Morgan fingerprint density at radius 2 is 1.85 bits per heavy atom. The Labute approximate surface area is 155 Å². The van der Waals surface area contributed by atoms with Crippen LogP contribution in [0.2, 0.25) is 0 Å². The largest absolute Gasteiger partial charge is 0.424 e. The van der Waals surface area contributed by atoms with Gasteiger partial charge in [0.05, 0.1) is 6.54 Å². The molecule has 142 valence electrons. The molecule has 0 spiro atoms. The van der Waals surface area contributed by atoms with Crippen molar-refractivity contribution in [2.75, 3.05) is 13.1 Å². The van der Waals surface area contributed by atoms with Gasteiger partial charge in [0.25, 0.3) is 0 Å². The number of aromatic nitrogens is 2. The minimum Gasteiger partial charge on any atom is -0.424 e. The first-order valence-corrected chi connectivity index (χ1v) is 10.6. The zero-order chi connectivity index (χ0) is 17.5. The molecule has 1 aromatic rings. The smallest absolute Gasteiger partial charge is 0.230 e. The standard InChI is InChI=1S/C20H30N4O2/c25-19(14-4-2-1-3-5-14)21-17-11-24(10-16(17)13-6-7-13)12-18-22-23-20(26-18)15-8-9-15/h13-17H,1-12H2,(H,21,25)/t16-,17+/m1/s1. The van der Waals surface area contributed by atoms with Crippen LogP contribution >= 0.6 is 0 Å². The van der Waals surface area contributed by atoms with Gasteiger partial charge in [-0.3, -0.25) is 9.69 Å². The molecule has 0 aromatic carbocycles. The molecule has 0 radical (unpaired) electrons. The van der Waals surface area contributed by atoms with Gasteiger partial charge in [0, 0.05) is 31.0 Å². The minimum absolute atomic E-state index is 0.245. The third kappa shape index (κ3) is 3.66. The third-order valence-corrected chi connectivity index (χ3v) is 6.74. The number of nitrogens with zero attached hydrogens (tertiary/aromatic N) is 3. The molecule has 3 saturated carbocycles. The Morgan fingerprint density at radius 1 is 1.04 bits per heavy atom. The van der Waals surface area contributed by atoms with Crippen molar-refractivity contribution in [3.63, 3.8) is 0 Å². The molecule has 1 aromatic heterocycles. The number of nitrogens with one attached hydrogen (secondary N) is 1. The molecule has 3 aliphatic carbocycles. The molecule has 1 aliphatic heterocycles. The van der Waals surface area contributed by atoms with Crippen molar-refractivity contribution < 1.29 is 9.21 Å². The van der Waals surface area contributed by atoms with E-state index in [4.69, 9.17) is 4.42 Å². The quantitative estimate of drug-likeness (QED) is 0.847. The second-order valence-corrected chi connectivity index (χ2v) is 8.95. The van der Waals surface area contributed by atoms with Crippen LogP contribution in [-0.4, -0.2) is 40.1 Å². The van der Waals surface area contributed by atoms with Crippen molar-refractivity contribution >= 4 is 5.91 Å². The SMILES string of the molecule is O=C(N[C@H]1CN(Cc2nnc(C3CC3)o2)C[C@@H]1C1CC1)C1CCCCC1.